The number of benzene rings is 1. The number of hydrogen-bond acceptors (Lipinski definition) is 2. The Morgan fingerprint density at radius 3 is 2.92 bits per heavy atom. The smallest absolute Gasteiger partial charge is 0.337 e. The maximum absolute atomic E-state index is 11.5. The van der Waals surface area contributed by atoms with Crippen molar-refractivity contribution in [2.24, 2.45) is 5.92 Å². The fourth-order valence-electron chi connectivity index (χ4n) is 3.90. The lowest BCUT2D eigenvalue weighted by Crippen LogP contribution is -2.36. The maximum Gasteiger partial charge on any atom is 0.337 e. The van der Waals surface area contributed by atoms with Gasteiger partial charge in [0.1, 0.15) is 0 Å². The van der Waals surface area contributed by atoms with E-state index in [2.05, 4.69) is 16.4 Å². The standard InChI is InChI=1S/C20H28N2O2/c1-2-3-11-21-12-6-7-16(14-21)10-13-22-15-18(20(23)24)17-8-4-5-9-19(17)22/h4-5,8-9,15-16H,2-3,6-7,10-14H2,1H3,(H,23,24). The molecule has 0 aliphatic carbocycles. The fourth-order valence-corrected chi connectivity index (χ4v) is 3.90. The molecule has 1 saturated heterocycles. The molecule has 1 aliphatic heterocycles. The second kappa shape index (κ2) is 7.84. The Labute approximate surface area is 144 Å². The molecule has 130 valence electrons. The van der Waals surface area contributed by atoms with Crippen LogP contribution in [0.25, 0.3) is 10.9 Å². The summed E-state index contributed by atoms with van der Waals surface area (Å²) in [6.07, 6.45) is 8.07. The Morgan fingerprint density at radius 1 is 1.29 bits per heavy atom. The van der Waals surface area contributed by atoms with Crippen LogP contribution in [-0.4, -0.2) is 40.2 Å². The van der Waals surface area contributed by atoms with Crippen LogP contribution in [0.15, 0.2) is 30.5 Å². The van der Waals surface area contributed by atoms with Gasteiger partial charge in [-0.15, -0.1) is 0 Å². The number of para-hydroxylation sites is 1. The molecular weight excluding hydrogens is 300 g/mol. The van der Waals surface area contributed by atoms with Crippen molar-refractivity contribution < 1.29 is 9.90 Å². The van der Waals surface area contributed by atoms with Crippen molar-refractivity contribution in [3.63, 3.8) is 0 Å². The molecule has 3 rings (SSSR count). The molecule has 1 aliphatic rings. The van der Waals surface area contributed by atoms with Crippen LogP contribution in [0, 0.1) is 5.92 Å². The number of aromatic nitrogens is 1. The summed E-state index contributed by atoms with van der Waals surface area (Å²) in [7, 11) is 0. The Balaban J connectivity index is 1.66. The van der Waals surface area contributed by atoms with E-state index in [9.17, 15) is 9.90 Å². The second-order valence-corrected chi connectivity index (χ2v) is 7.01. The fraction of sp³-hybridized carbons (Fsp3) is 0.550. The lowest BCUT2D eigenvalue weighted by atomic mass is 9.94. The number of rotatable bonds is 7. The quantitative estimate of drug-likeness (QED) is 0.827. The topological polar surface area (TPSA) is 45.5 Å². The minimum absolute atomic E-state index is 0.416. The molecule has 0 saturated carbocycles. The van der Waals surface area contributed by atoms with Crippen molar-refractivity contribution in [3.05, 3.63) is 36.0 Å². The van der Waals surface area contributed by atoms with Gasteiger partial charge in [-0.2, -0.15) is 0 Å². The highest BCUT2D eigenvalue weighted by Crippen LogP contribution is 2.25. The number of carboxylic acid groups (broad SMARTS) is 1. The molecule has 4 heteroatoms. The minimum Gasteiger partial charge on any atom is -0.478 e. The zero-order valence-corrected chi connectivity index (χ0v) is 14.6. The summed E-state index contributed by atoms with van der Waals surface area (Å²) in [5.74, 6) is -0.113. The molecule has 1 fully saturated rings. The largest absolute Gasteiger partial charge is 0.478 e. The molecule has 2 aromatic rings. The number of aromatic carboxylic acids is 1. The van der Waals surface area contributed by atoms with Gasteiger partial charge < -0.3 is 14.6 Å². The number of likely N-dealkylation sites (tertiary alicyclic amines) is 1. The van der Waals surface area contributed by atoms with Gasteiger partial charge in [0.2, 0.25) is 0 Å². The number of piperidine rings is 1. The van der Waals surface area contributed by atoms with Gasteiger partial charge in [-0.3, -0.25) is 0 Å². The van der Waals surface area contributed by atoms with Crippen LogP contribution in [0.4, 0.5) is 0 Å². The molecule has 0 spiro atoms. The Kier molecular flexibility index (Phi) is 5.56. The molecule has 1 N–H and O–H groups in total. The van der Waals surface area contributed by atoms with Crippen molar-refractivity contribution >= 4 is 16.9 Å². The molecule has 1 unspecified atom stereocenters. The van der Waals surface area contributed by atoms with Crippen molar-refractivity contribution in [1.29, 1.82) is 0 Å². The van der Waals surface area contributed by atoms with Crippen molar-refractivity contribution in [3.8, 4) is 0 Å². The third-order valence-electron chi connectivity index (χ3n) is 5.23. The van der Waals surface area contributed by atoms with E-state index < -0.39 is 5.97 Å². The highest BCUT2D eigenvalue weighted by atomic mass is 16.4. The van der Waals surface area contributed by atoms with Gasteiger partial charge in [-0.25, -0.2) is 4.79 Å². The number of hydrogen-bond donors (Lipinski definition) is 1. The van der Waals surface area contributed by atoms with Crippen LogP contribution in [0.3, 0.4) is 0 Å². The predicted molar refractivity (Wildman–Crippen MR) is 97.6 cm³/mol. The molecule has 2 heterocycles. The number of carboxylic acids is 1. The van der Waals surface area contributed by atoms with E-state index in [1.807, 2.05) is 30.5 Å². The SMILES string of the molecule is CCCCN1CCCC(CCn2cc(C(=O)O)c3ccccc32)C1. The van der Waals surface area contributed by atoms with E-state index >= 15 is 0 Å². The summed E-state index contributed by atoms with van der Waals surface area (Å²) in [6.45, 7) is 6.82. The van der Waals surface area contributed by atoms with E-state index in [1.54, 1.807) is 0 Å². The monoisotopic (exact) mass is 328 g/mol. The van der Waals surface area contributed by atoms with E-state index in [0.717, 1.165) is 29.8 Å². The van der Waals surface area contributed by atoms with Crippen LogP contribution in [-0.2, 0) is 6.54 Å². The first kappa shape index (κ1) is 17.0. The van der Waals surface area contributed by atoms with Gasteiger partial charge in [-0.1, -0.05) is 31.5 Å². The van der Waals surface area contributed by atoms with E-state index in [0.29, 0.717) is 5.56 Å². The van der Waals surface area contributed by atoms with Crippen molar-refractivity contribution in [2.45, 2.75) is 45.6 Å². The zero-order chi connectivity index (χ0) is 16.9. The lowest BCUT2D eigenvalue weighted by molar-refractivity contribution is 0.0698. The minimum atomic E-state index is -0.839. The van der Waals surface area contributed by atoms with E-state index in [4.69, 9.17) is 0 Å². The Hall–Kier alpha value is -1.81. The zero-order valence-electron chi connectivity index (χ0n) is 14.6. The normalized spacial score (nSPS) is 19.0. The summed E-state index contributed by atoms with van der Waals surface area (Å²) in [5.41, 5.74) is 1.45. The summed E-state index contributed by atoms with van der Waals surface area (Å²) in [6, 6.07) is 7.82. The van der Waals surface area contributed by atoms with Crippen LogP contribution in [0.5, 0.6) is 0 Å². The summed E-state index contributed by atoms with van der Waals surface area (Å²) >= 11 is 0. The summed E-state index contributed by atoms with van der Waals surface area (Å²) in [4.78, 5) is 14.1. The molecule has 1 atom stereocenters. The molecule has 0 bridgehead atoms. The highest BCUT2D eigenvalue weighted by molar-refractivity contribution is 6.03. The van der Waals surface area contributed by atoms with Crippen molar-refractivity contribution in [1.82, 2.24) is 9.47 Å². The van der Waals surface area contributed by atoms with Crippen LogP contribution in [0.2, 0.25) is 0 Å². The first-order valence-corrected chi connectivity index (χ1v) is 9.22. The Bertz CT molecular complexity index is 692. The average Bonchev–Trinajstić information content (AvgIpc) is 2.98. The number of unbranched alkanes of at least 4 members (excludes halogenated alkanes) is 1. The second-order valence-electron chi connectivity index (χ2n) is 7.01. The molecule has 24 heavy (non-hydrogen) atoms. The van der Waals surface area contributed by atoms with Crippen molar-refractivity contribution in [2.75, 3.05) is 19.6 Å². The molecule has 1 aromatic heterocycles. The Morgan fingerprint density at radius 2 is 2.12 bits per heavy atom. The molecule has 0 radical (unpaired) electrons. The number of aryl methyl sites for hydroxylation is 1. The van der Waals surface area contributed by atoms with Crippen LogP contribution >= 0.6 is 0 Å². The molecule has 4 nitrogen and oxygen atoms in total. The first-order chi connectivity index (χ1) is 11.7. The maximum atomic E-state index is 11.5. The number of carbonyl (C=O) groups is 1. The third kappa shape index (κ3) is 3.81. The third-order valence-corrected chi connectivity index (χ3v) is 5.23. The van der Waals surface area contributed by atoms with E-state index in [1.165, 1.54) is 45.3 Å². The number of fused-ring (bicyclic) bond motifs is 1. The molecular formula is C20H28N2O2. The van der Waals surface area contributed by atoms with Gasteiger partial charge in [0.05, 0.1) is 5.56 Å². The summed E-state index contributed by atoms with van der Waals surface area (Å²) < 4.78 is 2.13. The van der Waals surface area contributed by atoms with Crippen LogP contribution in [0.1, 0.15) is 49.4 Å². The van der Waals surface area contributed by atoms with Crippen LogP contribution < -0.4 is 0 Å². The highest BCUT2D eigenvalue weighted by Gasteiger charge is 2.20. The molecule has 0 amide bonds. The molecule has 1 aromatic carbocycles. The van der Waals surface area contributed by atoms with Gasteiger partial charge in [0.25, 0.3) is 0 Å². The average molecular weight is 328 g/mol. The lowest BCUT2D eigenvalue weighted by Gasteiger charge is -2.32. The van der Waals surface area contributed by atoms with E-state index in [-0.39, 0.29) is 0 Å². The van der Waals surface area contributed by atoms with Gasteiger partial charge in [0, 0.05) is 30.2 Å². The summed E-state index contributed by atoms with van der Waals surface area (Å²) in [5, 5.41) is 10.3. The van der Waals surface area contributed by atoms with Gasteiger partial charge >= 0.3 is 5.97 Å². The van der Waals surface area contributed by atoms with Gasteiger partial charge in [-0.05, 0) is 50.8 Å². The number of nitrogens with zero attached hydrogens (tertiary/aromatic N) is 2. The first-order valence-electron chi connectivity index (χ1n) is 9.22. The van der Waals surface area contributed by atoms with Gasteiger partial charge in [0.15, 0.2) is 0 Å². The predicted octanol–water partition coefficient (Wildman–Crippen LogP) is 4.24.